The van der Waals surface area contributed by atoms with E-state index in [0.29, 0.717) is 54.7 Å². The van der Waals surface area contributed by atoms with E-state index in [9.17, 15) is 9.90 Å². The average Bonchev–Trinajstić information content (AvgIpc) is 3.31. The third-order valence-corrected chi connectivity index (χ3v) is 5.68. The minimum Gasteiger partial charge on any atom is -0.477 e. The van der Waals surface area contributed by atoms with Crippen LogP contribution in [-0.4, -0.2) is 51.0 Å². The molecule has 1 atom stereocenters. The van der Waals surface area contributed by atoms with Gasteiger partial charge in [-0.15, -0.1) is 0 Å². The average molecular weight is 453 g/mol. The third-order valence-electron chi connectivity index (χ3n) is 5.48. The fourth-order valence-corrected chi connectivity index (χ4v) is 4.05. The number of carbonyl (C=O) groups is 1. The van der Waals surface area contributed by atoms with Gasteiger partial charge in [-0.3, -0.25) is 4.79 Å². The maximum absolute atomic E-state index is 13.1. The van der Waals surface area contributed by atoms with E-state index in [1.165, 1.54) is 6.07 Å². The minimum absolute atomic E-state index is 0.167. The smallest absolute Gasteiger partial charge is 0.280 e. The second-order valence-electron chi connectivity index (χ2n) is 7.66. The number of para-hydroxylation sites is 2. The lowest BCUT2D eigenvalue weighted by Crippen LogP contribution is -2.34. The maximum atomic E-state index is 13.1. The van der Waals surface area contributed by atoms with Crippen LogP contribution in [0.4, 0.5) is 11.4 Å². The van der Waals surface area contributed by atoms with Crippen LogP contribution in [0.3, 0.4) is 0 Å². The van der Waals surface area contributed by atoms with Crippen LogP contribution in [0.2, 0.25) is 5.15 Å². The van der Waals surface area contributed by atoms with Crippen LogP contribution in [-0.2, 0) is 7.05 Å². The van der Waals surface area contributed by atoms with Crippen molar-refractivity contribution in [3.8, 4) is 17.1 Å². The summed E-state index contributed by atoms with van der Waals surface area (Å²) in [4.78, 5) is 23.7. The fourth-order valence-electron chi connectivity index (χ4n) is 3.84. The molecule has 0 spiro atoms. The number of rotatable bonds is 0. The van der Waals surface area contributed by atoms with Gasteiger partial charge in [-0.2, -0.15) is 10.1 Å². The molecule has 0 fully saturated rings. The number of aliphatic hydroxyl groups is 1. The Balaban J connectivity index is 1.60. The number of nitrogens with one attached hydrogen (secondary N) is 1. The van der Waals surface area contributed by atoms with E-state index in [2.05, 4.69) is 20.4 Å². The van der Waals surface area contributed by atoms with Gasteiger partial charge in [0.2, 0.25) is 11.8 Å². The quantitative estimate of drug-likeness (QED) is 0.505. The summed E-state index contributed by atoms with van der Waals surface area (Å²) in [5.41, 5.74) is 3.12. The minimum atomic E-state index is -0.588. The van der Waals surface area contributed by atoms with Crippen molar-refractivity contribution in [3.05, 3.63) is 53.3 Å². The van der Waals surface area contributed by atoms with Gasteiger partial charge in [-0.25, -0.2) is 9.67 Å². The number of pyridine rings is 1. The van der Waals surface area contributed by atoms with Gasteiger partial charge in [0, 0.05) is 25.6 Å². The molecule has 164 valence electrons. The number of guanidine groups is 1. The van der Waals surface area contributed by atoms with E-state index in [1.54, 1.807) is 24.0 Å². The summed E-state index contributed by atoms with van der Waals surface area (Å²) >= 11 is 6.24. The first kappa shape index (κ1) is 20.5. The molecule has 32 heavy (non-hydrogen) atoms. The molecule has 2 bridgehead atoms. The Morgan fingerprint density at radius 2 is 2.09 bits per heavy atom. The first-order valence-electron chi connectivity index (χ1n) is 10.3. The number of hydrogen-bond donors (Lipinski definition) is 2. The normalized spacial score (nSPS) is 20.0. The molecule has 3 aromatic rings. The number of nitrogens with zero attached hydrogens (tertiary/aromatic N) is 5. The Bertz CT molecular complexity index is 1220. The number of ether oxygens (including phenoxy) is 1. The number of aliphatic hydroxyl groups excluding tert-OH is 1. The Hall–Kier alpha value is -3.43. The van der Waals surface area contributed by atoms with E-state index < -0.39 is 12.0 Å². The molecule has 1 amide bonds. The summed E-state index contributed by atoms with van der Waals surface area (Å²) in [7, 11) is 1.75. The highest BCUT2D eigenvalue weighted by atomic mass is 35.5. The molecule has 0 saturated heterocycles. The molecule has 0 saturated carbocycles. The van der Waals surface area contributed by atoms with Crippen molar-refractivity contribution in [2.45, 2.75) is 18.9 Å². The number of amides is 1. The Morgan fingerprint density at radius 1 is 1.25 bits per heavy atom. The second-order valence-corrected chi connectivity index (χ2v) is 8.05. The molecule has 2 N–H and O–H groups in total. The zero-order valence-electron chi connectivity index (χ0n) is 17.3. The summed E-state index contributed by atoms with van der Waals surface area (Å²) < 4.78 is 7.51. The van der Waals surface area contributed by atoms with Crippen LogP contribution in [0.5, 0.6) is 5.88 Å². The zero-order valence-corrected chi connectivity index (χ0v) is 18.1. The SMILES string of the molecule is Cn1ncc2c1OCCC(O)CCN1/C(=N/C(=O)c3cc(Cl)nc-2c3)Nc2ccccc21. The highest BCUT2D eigenvalue weighted by Crippen LogP contribution is 2.33. The van der Waals surface area contributed by atoms with Gasteiger partial charge in [-0.05, 0) is 30.7 Å². The molecule has 0 radical (unpaired) electrons. The molecule has 4 heterocycles. The number of halogens is 1. The number of aryl methyl sites for hydroxylation is 1. The zero-order chi connectivity index (χ0) is 22.2. The number of hydrogen-bond acceptors (Lipinski definition) is 7. The molecule has 1 aromatic carbocycles. The van der Waals surface area contributed by atoms with Gasteiger partial charge < -0.3 is 20.1 Å². The van der Waals surface area contributed by atoms with E-state index in [0.717, 1.165) is 11.4 Å². The lowest BCUT2D eigenvalue weighted by Gasteiger charge is -2.20. The van der Waals surface area contributed by atoms with Crippen LogP contribution in [0.25, 0.3) is 11.3 Å². The molecule has 0 aliphatic carbocycles. The van der Waals surface area contributed by atoms with Gasteiger partial charge in [0.15, 0.2) is 0 Å². The largest absolute Gasteiger partial charge is 0.477 e. The summed E-state index contributed by atoms with van der Waals surface area (Å²) in [6.45, 7) is 0.784. The van der Waals surface area contributed by atoms with Crippen molar-refractivity contribution in [2.75, 3.05) is 23.4 Å². The second kappa shape index (κ2) is 8.25. The van der Waals surface area contributed by atoms with Crippen molar-refractivity contribution in [1.29, 1.82) is 0 Å². The van der Waals surface area contributed by atoms with Crippen LogP contribution >= 0.6 is 11.6 Å². The molecule has 1 unspecified atom stereocenters. The number of anilines is 2. The van der Waals surface area contributed by atoms with Crippen molar-refractivity contribution in [3.63, 3.8) is 0 Å². The molecule has 2 aromatic heterocycles. The van der Waals surface area contributed by atoms with Crippen LogP contribution in [0.1, 0.15) is 23.2 Å². The maximum Gasteiger partial charge on any atom is 0.280 e. The van der Waals surface area contributed by atoms with E-state index in [1.807, 2.05) is 29.2 Å². The molecular weight excluding hydrogens is 432 g/mol. The lowest BCUT2D eigenvalue weighted by atomic mass is 10.1. The number of benzene rings is 1. The molecule has 10 heteroatoms. The van der Waals surface area contributed by atoms with E-state index in [4.69, 9.17) is 16.3 Å². The standard InChI is InChI=1S/C22H21ClN6O3/c1-28-21-15(12-24-28)17-10-13(11-19(23)25-17)20(31)27-22-26-16-4-2-3-5-18(16)29(22)8-6-14(30)7-9-32-21/h2-5,10-12,14,30H,6-9H2,1H3,(H,26,27,31). The highest BCUT2D eigenvalue weighted by molar-refractivity contribution is 6.30. The first-order chi connectivity index (χ1) is 15.5. The van der Waals surface area contributed by atoms with E-state index in [-0.39, 0.29) is 5.15 Å². The Morgan fingerprint density at radius 3 is 2.97 bits per heavy atom. The molecule has 9 nitrogen and oxygen atoms in total. The number of aromatic nitrogens is 3. The van der Waals surface area contributed by atoms with Crippen molar-refractivity contribution in [2.24, 2.45) is 12.0 Å². The van der Waals surface area contributed by atoms with Crippen LogP contribution in [0.15, 0.2) is 47.6 Å². The van der Waals surface area contributed by atoms with Crippen LogP contribution in [0, 0.1) is 0 Å². The van der Waals surface area contributed by atoms with Crippen molar-refractivity contribution < 1.29 is 14.6 Å². The predicted octanol–water partition coefficient (Wildman–Crippen LogP) is 3.10. The topological polar surface area (TPSA) is 105 Å². The van der Waals surface area contributed by atoms with E-state index >= 15 is 0 Å². The van der Waals surface area contributed by atoms with Gasteiger partial charge in [0.05, 0.1) is 41.5 Å². The number of carbonyl (C=O) groups excluding carboxylic acids is 1. The number of aliphatic imine (C=N–C) groups is 1. The molecular formula is C22H21ClN6O3. The summed E-state index contributed by atoms with van der Waals surface area (Å²) in [6, 6.07) is 10.8. The highest BCUT2D eigenvalue weighted by Gasteiger charge is 2.27. The van der Waals surface area contributed by atoms with Gasteiger partial charge in [0.1, 0.15) is 5.15 Å². The lowest BCUT2D eigenvalue weighted by molar-refractivity contribution is 0.100. The first-order valence-corrected chi connectivity index (χ1v) is 10.6. The molecule has 2 aliphatic heterocycles. The van der Waals surface area contributed by atoms with Gasteiger partial charge in [-0.1, -0.05) is 23.7 Å². The summed E-state index contributed by atoms with van der Waals surface area (Å²) in [5.74, 6) is 0.437. The van der Waals surface area contributed by atoms with Gasteiger partial charge >= 0.3 is 0 Å². The fraction of sp³-hybridized carbons (Fsp3) is 0.273. The van der Waals surface area contributed by atoms with Crippen molar-refractivity contribution >= 4 is 34.8 Å². The monoisotopic (exact) mass is 452 g/mol. The Labute approximate surface area is 189 Å². The Kier molecular flexibility index (Phi) is 5.28. The predicted molar refractivity (Wildman–Crippen MR) is 121 cm³/mol. The van der Waals surface area contributed by atoms with Gasteiger partial charge in [0.25, 0.3) is 5.91 Å². The molecule has 5 rings (SSSR count). The summed E-state index contributed by atoms with van der Waals surface area (Å²) in [6.07, 6.45) is 1.94. The van der Waals surface area contributed by atoms with Crippen LogP contribution < -0.4 is 15.0 Å². The molecule has 2 aliphatic rings. The third kappa shape index (κ3) is 3.80. The van der Waals surface area contributed by atoms with Crippen molar-refractivity contribution in [1.82, 2.24) is 14.8 Å². The summed E-state index contributed by atoms with van der Waals surface area (Å²) in [5, 5.41) is 18.1. The number of fused-ring (bicyclic) bond motifs is 7.